The third-order valence-corrected chi connectivity index (χ3v) is 3.13. The van der Waals surface area contributed by atoms with Crippen molar-refractivity contribution >= 4 is 12.1 Å². The third-order valence-electron chi connectivity index (χ3n) is 3.13. The van der Waals surface area contributed by atoms with E-state index in [1.807, 2.05) is 44.2 Å². The minimum Gasteiger partial charge on any atom is -0.480 e. The van der Waals surface area contributed by atoms with Crippen molar-refractivity contribution in [2.75, 3.05) is 13.1 Å². The number of hydrogen-bond acceptors (Lipinski definition) is 4. The molecule has 0 aliphatic rings. The summed E-state index contributed by atoms with van der Waals surface area (Å²) in [5.74, 6) is -0.841. The lowest BCUT2D eigenvalue weighted by Gasteiger charge is -2.17. The zero-order valence-corrected chi connectivity index (χ0v) is 13.0. The molecule has 1 amide bonds. The van der Waals surface area contributed by atoms with Crippen LogP contribution in [-0.4, -0.2) is 36.3 Å². The van der Waals surface area contributed by atoms with Gasteiger partial charge in [0.15, 0.2) is 0 Å². The van der Waals surface area contributed by atoms with Gasteiger partial charge in [0.25, 0.3) is 0 Å². The van der Waals surface area contributed by atoms with Crippen LogP contribution in [0, 0.1) is 5.92 Å². The molecule has 0 fully saturated rings. The number of rotatable bonds is 9. The molecule has 0 aliphatic carbocycles. The van der Waals surface area contributed by atoms with Crippen LogP contribution in [0.25, 0.3) is 0 Å². The number of ether oxygens (including phenoxy) is 1. The quantitative estimate of drug-likeness (QED) is 0.607. The first-order valence-corrected chi connectivity index (χ1v) is 7.41. The van der Waals surface area contributed by atoms with Crippen LogP contribution >= 0.6 is 0 Å². The average molecular weight is 308 g/mol. The van der Waals surface area contributed by atoms with Gasteiger partial charge in [-0.2, -0.15) is 0 Å². The van der Waals surface area contributed by atoms with Crippen LogP contribution < -0.4 is 10.6 Å². The number of carbonyl (C=O) groups is 2. The molecule has 3 N–H and O–H groups in total. The fraction of sp³-hybridized carbons (Fsp3) is 0.500. The van der Waals surface area contributed by atoms with Gasteiger partial charge in [0.2, 0.25) is 0 Å². The molecular weight excluding hydrogens is 284 g/mol. The van der Waals surface area contributed by atoms with E-state index in [0.29, 0.717) is 19.5 Å². The molecule has 0 spiro atoms. The van der Waals surface area contributed by atoms with Crippen molar-refractivity contribution in [2.24, 2.45) is 5.92 Å². The lowest BCUT2D eigenvalue weighted by Crippen LogP contribution is -2.42. The summed E-state index contributed by atoms with van der Waals surface area (Å²) in [6.45, 7) is 4.90. The predicted octanol–water partition coefficient (Wildman–Crippen LogP) is 2.00. The Hall–Kier alpha value is -2.08. The van der Waals surface area contributed by atoms with Crippen molar-refractivity contribution in [1.29, 1.82) is 0 Å². The molecule has 1 aromatic rings. The highest BCUT2D eigenvalue weighted by molar-refractivity contribution is 5.73. The van der Waals surface area contributed by atoms with Crippen molar-refractivity contribution in [2.45, 2.75) is 32.9 Å². The average Bonchev–Trinajstić information content (AvgIpc) is 2.49. The second-order valence-corrected chi connectivity index (χ2v) is 5.36. The summed E-state index contributed by atoms with van der Waals surface area (Å²) in [7, 11) is 0. The molecule has 0 heterocycles. The highest BCUT2D eigenvalue weighted by Gasteiger charge is 2.19. The molecule has 0 bridgehead atoms. The fourth-order valence-electron chi connectivity index (χ4n) is 1.92. The summed E-state index contributed by atoms with van der Waals surface area (Å²) in [6.07, 6.45) is 0.166. The molecule has 1 rings (SSSR count). The van der Waals surface area contributed by atoms with Gasteiger partial charge in [0, 0.05) is 6.54 Å². The lowest BCUT2D eigenvalue weighted by molar-refractivity contribution is -0.140. The first-order chi connectivity index (χ1) is 10.5. The van der Waals surface area contributed by atoms with Crippen LogP contribution in [-0.2, 0) is 16.1 Å². The molecule has 0 unspecified atom stereocenters. The van der Waals surface area contributed by atoms with E-state index in [-0.39, 0.29) is 12.5 Å². The number of carbonyl (C=O) groups excluding carboxylic acids is 1. The first-order valence-electron chi connectivity index (χ1n) is 7.41. The van der Waals surface area contributed by atoms with E-state index in [4.69, 9.17) is 9.84 Å². The maximum atomic E-state index is 11.5. The van der Waals surface area contributed by atoms with Crippen molar-refractivity contribution in [3.8, 4) is 0 Å². The van der Waals surface area contributed by atoms with Crippen molar-refractivity contribution < 1.29 is 19.4 Å². The SMILES string of the molecule is CC(C)[C@H](NCCCNC(=O)OCc1ccccc1)C(=O)O. The Kier molecular flexibility index (Phi) is 7.99. The molecule has 0 radical (unpaired) electrons. The Morgan fingerprint density at radius 3 is 2.45 bits per heavy atom. The molecule has 0 saturated carbocycles. The van der Waals surface area contributed by atoms with E-state index in [2.05, 4.69) is 10.6 Å². The molecule has 0 saturated heterocycles. The number of hydrogen-bond donors (Lipinski definition) is 3. The van der Waals surface area contributed by atoms with Crippen molar-refractivity contribution in [1.82, 2.24) is 10.6 Å². The Morgan fingerprint density at radius 2 is 1.86 bits per heavy atom. The van der Waals surface area contributed by atoms with Gasteiger partial charge in [-0.3, -0.25) is 4.79 Å². The van der Waals surface area contributed by atoms with Gasteiger partial charge in [0.1, 0.15) is 12.6 Å². The van der Waals surface area contributed by atoms with Gasteiger partial charge in [-0.1, -0.05) is 44.2 Å². The first kappa shape index (κ1) is 18.0. The Bertz CT molecular complexity index is 462. The number of nitrogens with one attached hydrogen (secondary N) is 2. The summed E-state index contributed by atoms with van der Waals surface area (Å²) < 4.78 is 5.07. The number of benzene rings is 1. The highest BCUT2D eigenvalue weighted by atomic mass is 16.5. The van der Waals surface area contributed by atoms with Crippen molar-refractivity contribution in [3.63, 3.8) is 0 Å². The largest absolute Gasteiger partial charge is 0.480 e. The van der Waals surface area contributed by atoms with Gasteiger partial charge in [-0.25, -0.2) is 4.79 Å². The van der Waals surface area contributed by atoms with E-state index in [1.165, 1.54) is 0 Å². The van der Waals surface area contributed by atoms with E-state index in [0.717, 1.165) is 5.56 Å². The molecule has 1 atom stereocenters. The van der Waals surface area contributed by atoms with Crippen LogP contribution in [0.15, 0.2) is 30.3 Å². The Balaban J connectivity index is 2.11. The van der Waals surface area contributed by atoms with Gasteiger partial charge < -0.3 is 20.5 Å². The molecule has 22 heavy (non-hydrogen) atoms. The predicted molar refractivity (Wildman–Crippen MR) is 83.5 cm³/mol. The van der Waals surface area contributed by atoms with Crippen LogP contribution in [0.4, 0.5) is 4.79 Å². The number of alkyl carbamates (subject to hydrolysis) is 1. The van der Waals surface area contributed by atoms with Crippen LogP contribution in [0.5, 0.6) is 0 Å². The maximum absolute atomic E-state index is 11.5. The molecule has 1 aromatic carbocycles. The standard InChI is InChI=1S/C16H24N2O4/c1-12(2)14(15(19)20)17-9-6-10-18-16(21)22-11-13-7-4-3-5-8-13/h3-5,7-8,12,14,17H,6,9-11H2,1-2H3,(H,18,21)(H,19,20)/t14-/m0/s1. The molecular formula is C16H24N2O4. The van der Waals surface area contributed by atoms with Gasteiger partial charge >= 0.3 is 12.1 Å². The number of carboxylic acids is 1. The topological polar surface area (TPSA) is 87.7 Å². The monoisotopic (exact) mass is 308 g/mol. The van der Waals surface area contributed by atoms with Gasteiger partial charge in [-0.15, -0.1) is 0 Å². The normalized spacial score (nSPS) is 12.0. The van der Waals surface area contributed by atoms with E-state index < -0.39 is 18.1 Å². The molecule has 6 heteroatoms. The van der Waals surface area contributed by atoms with E-state index in [9.17, 15) is 9.59 Å². The zero-order valence-electron chi connectivity index (χ0n) is 13.0. The Labute approximate surface area is 130 Å². The van der Waals surface area contributed by atoms with Crippen molar-refractivity contribution in [3.05, 3.63) is 35.9 Å². The second kappa shape index (κ2) is 9.78. The summed E-state index contributed by atoms with van der Waals surface area (Å²) >= 11 is 0. The number of carboxylic acid groups (broad SMARTS) is 1. The summed E-state index contributed by atoms with van der Waals surface area (Å²) in [5.41, 5.74) is 0.931. The lowest BCUT2D eigenvalue weighted by atomic mass is 10.0. The number of amides is 1. The van der Waals surface area contributed by atoms with Gasteiger partial charge in [-0.05, 0) is 24.4 Å². The highest BCUT2D eigenvalue weighted by Crippen LogP contribution is 2.02. The molecule has 122 valence electrons. The third kappa shape index (κ3) is 7.08. The summed E-state index contributed by atoms with van der Waals surface area (Å²) in [5, 5.41) is 14.6. The van der Waals surface area contributed by atoms with Gasteiger partial charge in [0.05, 0.1) is 0 Å². The molecule has 0 aliphatic heterocycles. The number of aliphatic carboxylic acids is 1. The van der Waals surface area contributed by atoms with Crippen LogP contribution in [0.3, 0.4) is 0 Å². The summed E-state index contributed by atoms with van der Waals surface area (Å²) in [6, 6.07) is 8.87. The molecule has 6 nitrogen and oxygen atoms in total. The fourth-order valence-corrected chi connectivity index (χ4v) is 1.92. The minimum atomic E-state index is -0.856. The second-order valence-electron chi connectivity index (χ2n) is 5.36. The maximum Gasteiger partial charge on any atom is 0.407 e. The minimum absolute atomic E-state index is 0.0151. The molecule has 0 aromatic heterocycles. The van der Waals surface area contributed by atoms with Crippen LogP contribution in [0.1, 0.15) is 25.8 Å². The van der Waals surface area contributed by atoms with E-state index in [1.54, 1.807) is 0 Å². The van der Waals surface area contributed by atoms with Crippen LogP contribution in [0.2, 0.25) is 0 Å². The Morgan fingerprint density at radius 1 is 1.18 bits per heavy atom. The van der Waals surface area contributed by atoms with E-state index >= 15 is 0 Å². The summed E-state index contributed by atoms with van der Waals surface area (Å²) in [4.78, 5) is 22.5. The smallest absolute Gasteiger partial charge is 0.407 e. The zero-order chi connectivity index (χ0) is 16.4.